The van der Waals surface area contributed by atoms with Crippen molar-refractivity contribution in [3.05, 3.63) is 22.4 Å². The monoisotopic (exact) mass is 326 g/mol. The van der Waals surface area contributed by atoms with E-state index in [-0.39, 0.29) is 23.8 Å². The van der Waals surface area contributed by atoms with E-state index in [0.29, 0.717) is 18.2 Å². The number of amides is 2. The van der Waals surface area contributed by atoms with Gasteiger partial charge in [0.05, 0.1) is 12.4 Å². The highest BCUT2D eigenvalue weighted by Gasteiger charge is 2.37. The molecule has 4 nitrogen and oxygen atoms in total. The summed E-state index contributed by atoms with van der Waals surface area (Å²) in [6.45, 7) is 4.55. The lowest BCUT2D eigenvalue weighted by molar-refractivity contribution is -0.144. The Labute approximate surface area is 134 Å². The van der Waals surface area contributed by atoms with Crippen LogP contribution in [0.25, 0.3) is 0 Å². The number of hydrogen-bond acceptors (Lipinski definition) is 4. The van der Waals surface area contributed by atoms with Crippen LogP contribution in [0.4, 0.5) is 0 Å². The Kier molecular flexibility index (Phi) is 5.70. The Morgan fingerprint density at radius 1 is 1.52 bits per heavy atom. The number of nitrogens with zero attached hydrogens (tertiary/aromatic N) is 2. The molecule has 0 N–H and O–H groups in total. The zero-order valence-corrected chi connectivity index (χ0v) is 14.4. The molecule has 0 spiro atoms. The molecule has 1 aromatic rings. The van der Waals surface area contributed by atoms with Gasteiger partial charge in [0.15, 0.2) is 0 Å². The van der Waals surface area contributed by atoms with Crippen LogP contribution >= 0.6 is 23.1 Å². The van der Waals surface area contributed by atoms with E-state index in [0.717, 1.165) is 11.3 Å². The topological polar surface area (TPSA) is 40.6 Å². The van der Waals surface area contributed by atoms with Crippen molar-refractivity contribution in [3.63, 3.8) is 0 Å². The highest BCUT2D eigenvalue weighted by atomic mass is 32.2. The Bertz CT molecular complexity index is 490. The van der Waals surface area contributed by atoms with Crippen molar-refractivity contribution >= 4 is 34.9 Å². The number of rotatable bonds is 5. The van der Waals surface area contributed by atoms with E-state index in [9.17, 15) is 9.59 Å². The first kappa shape index (κ1) is 16.4. The van der Waals surface area contributed by atoms with Gasteiger partial charge in [0.2, 0.25) is 11.8 Å². The maximum Gasteiger partial charge on any atom is 0.246 e. The van der Waals surface area contributed by atoms with E-state index in [1.807, 2.05) is 38.4 Å². The number of thiophene rings is 1. The molecule has 1 aromatic heterocycles. The Morgan fingerprint density at radius 3 is 2.90 bits per heavy atom. The van der Waals surface area contributed by atoms with Gasteiger partial charge in [-0.05, 0) is 17.9 Å². The van der Waals surface area contributed by atoms with Gasteiger partial charge in [-0.1, -0.05) is 19.9 Å². The van der Waals surface area contributed by atoms with Crippen LogP contribution in [0, 0.1) is 5.92 Å². The summed E-state index contributed by atoms with van der Waals surface area (Å²) in [5.41, 5.74) is 0. The smallest absolute Gasteiger partial charge is 0.246 e. The summed E-state index contributed by atoms with van der Waals surface area (Å²) < 4.78 is 0. The van der Waals surface area contributed by atoms with Crippen LogP contribution in [0.3, 0.4) is 0 Å². The molecule has 0 aliphatic carbocycles. The largest absolute Gasteiger partial charge is 0.339 e. The molecule has 0 unspecified atom stereocenters. The average Bonchev–Trinajstić information content (AvgIpc) is 3.15. The van der Waals surface area contributed by atoms with Crippen LogP contribution in [-0.2, 0) is 16.1 Å². The van der Waals surface area contributed by atoms with Crippen LogP contribution < -0.4 is 0 Å². The van der Waals surface area contributed by atoms with Crippen molar-refractivity contribution in [1.29, 1.82) is 0 Å². The first-order valence-electron chi connectivity index (χ1n) is 7.20. The van der Waals surface area contributed by atoms with E-state index < -0.39 is 0 Å². The van der Waals surface area contributed by atoms with E-state index in [4.69, 9.17) is 0 Å². The predicted octanol–water partition coefficient (Wildman–Crippen LogP) is 2.65. The second-order valence-corrected chi connectivity index (χ2v) is 7.44. The summed E-state index contributed by atoms with van der Waals surface area (Å²) in [4.78, 5) is 29.7. The molecule has 1 aliphatic rings. The number of hydrogen-bond donors (Lipinski definition) is 0. The summed E-state index contributed by atoms with van der Waals surface area (Å²) >= 11 is 3.31. The van der Waals surface area contributed by atoms with E-state index in [1.54, 1.807) is 32.9 Å². The van der Waals surface area contributed by atoms with Crippen LogP contribution in [0.1, 0.15) is 25.1 Å². The van der Waals surface area contributed by atoms with Crippen molar-refractivity contribution in [3.8, 4) is 0 Å². The van der Waals surface area contributed by atoms with Gasteiger partial charge >= 0.3 is 0 Å². The fraction of sp³-hybridized carbons (Fsp3) is 0.600. The molecule has 1 aliphatic heterocycles. The van der Waals surface area contributed by atoms with E-state index in [1.165, 1.54) is 0 Å². The molecule has 2 heterocycles. The standard InChI is InChI=1S/C15H22N2O2S2/c1-4-11(2)14(18)17-10-20-9-13(17)15(19)16(3)8-12-6-5-7-21-12/h5-7,11,13H,4,8-10H2,1-3H3/t11-,13-/m1/s1. The molecule has 0 aromatic carbocycles. The van der Waals surface area contributed by atoms with Gasteiger partial charge < -0.3 is 9.80 Å². The minimum absolute atomic E-state index is 0.0124. The molecule has 116 valence electrons. The molecule has 2 atom stereocenters. The van der Waals surface area contributed by atoms with Gasteiger partial charge in [-0.3, -0.25) is 9.59 Å². The third-order valence-electron chi connectivity index (χ3n) is 3.83. The lowest BCUT2D eigenvalue weighted by atomic mass is 10.1. The van der Waals surface area contributed by atoms with Crippen LogP contribution in [0.15, 0.2) is 17.5 Å². The zero-order valence-electron chi connectivity index (χ0n) is 12.7. The van der Waals surface area contributed by atoms with Crippen molar-refractivity contribution < 1.29 is 9.59 Å². The minimum atomic E-state index is -0.304. The van der Waals surface area contributed by atoms with Crippen molar-refractivity contribution in [1.82, 2.24) is 9.80 Å². The normalized spacial score (nSPS) is 19.6. The second kappa shape index (κ2) is 7.31. The zero-order chi connectivity index (χ0) is 15.4. The lowest BCUT2D eigenvalue weighted by Crippen LogP contribution is -2.48. The molecule has 6 heteroatoms. The number of likely N-dealkylation sites (N-methyl/N-ethyl adjacent to an activating group) is 1. The van der Waals surface area contributed by atoms with Gasteiger partial charge in [-0.15, -0.1) is 23.1 Å². The summed E-state index contributed by atoms with van der Waals surface area (Å²) in [6, 6.07) is 3.71. The van der Waals surface area contributed by atoms with Crippen LogP contribution in [0.2, 0.25) is 0 Å². The van der Waals surface area contributed by atoms with Gasteiger partial charge in [0.25, 0.3) is 0 Å². The van der Waals surface area contributed by atoms with Gasteiger partial charge in [0.1, 0.15) is 6.04 Å². The fourth-order valence-corrected chi connectivity index (χ4v) is 4.20. The highest BCUT2D eigenvalue weighted by molar-refractivity contribution is 7.99. The summed E-state index contributed by atoms with van der Waals surface area (Å²) in [5, 5.41) is 2.01. The number of carbonyl (C=O) groups excluding carboxylic acids is 2. The highest BCUT2D eigenvalue weighted by Crippen LogP contribution is 2.25. The van der Waals surface area contributed by atoms with Crippen molar-refractivity contribution in [2.45, 2.75) is 32.9 Å². The molecular formula is C15H22N2O2S2. The van der Waals surface area contributed by atoms with Gasteiger partial charge in [-0.25, -0.2) is 0 Å². The molecule has 2 amide bonds. The fourth-order valence-electron chi connectivity index (χ4n) is 2.29. The molecule has 1 fully saturated rings. The summed E-state index contributed by atoms with van der Waals surface area (Å²) in [7, 11) is 1.82. The Hall–Kier alpha value is -1.01. The lowest BCUT2D eigenvalue weighted by Gasteiger charge is -2.28. The molecule has 1 saturated heterocycles. The van der Waals surface area contributed by atoms with E-state index >= 15 is 0 Å². The third-order valence-corrected chi connectivity index (χ3v) is 5.71. The SMILES string of the molecule is CC[C@@H](C)C(=O)N1CSC[C@@H]1C(=O)N(C)Cc1cccs1. The predicted molar refractivity (Wildman–Crippen MR) is 88.2 cm³/mol. The number of thioether (sulfide) groups is 1. The van der Waals surface area contributed by atoms with Gasteiger partial charge in [-0.2, -0.15) is 0 Å². The van der Waals surface area contributed by atoms with Crippen LogP contribution in [-0.4, -0.2) is 46.3 Å². The summed E-state index contributed by atoms with van der Waals surface area (Å²) in [6.07, 6.45) is 0.811. The molecule has 21 heavy (non-hydrogen) atoms. The third kappa shape index (κ3) is 3.80. The van der Waals surface area contributed by atoms with Crippen molar-refractivity contribution in [2.75, 3.05) is 18.7 Å². The van der Waals surface area contributed by atoms with Crippen LogP contribution in [0.5, 0.6) is 0 Å². The average molecular weight is 326 g/mol. The maximum atomic E-state index is 12.6. The number of carbonyl (C=O) groups is 2. The molecule has 0 saturated carbocycles. The second-order valence-electron chi connectivity index (χ2n) is 5.41. The molecule has 0 bridgehead atoms. The first-order valence-corrected chi connectivity index (χ1v) is 9.23. The minimum Gasteiger partial charge on any atom is -0.339 e. The van der Waals surface area contributed by atoms with E-state index in [2.05, 4.69) is 0 Å². The molecule has 0 radical (unpaired) electrons. The molecule has 2 rings (SSSR count). The first-order chi connectivity index (χ1) is 10.0. The quantitative estimate of drug-likeness (QED) is 0.835. The van der Waals surface area contributed by atoms with Gasteiger partial charge in [0, 0.05) is 23.6 Å². The van der Waals surface area contributed by atoms with Crippen molar-refractivity contribution in [2.24, 2.45) is 5.92 Å². The summed E-state index contributed by atoms with van der Waals surface area (Å²) in [5.74, 6) is 1.47. The maximum absolute atomic E-state index is 12.6. The Balaban J connectivity index is 2.01. The Morgan fingerprint density at radius 2 is 2.29 bits per heavy atom. The molecular weight excluding hydrogens is 304 g/mol.